The fourth-order valence-electron chi connectivity index (χ4n) is 1.62. The van der Waals surface area contributed by atoms with Crippen LogP contribution in [-0.2, 0) is 20.7 Å². The Morgan fingerprint density at radius 3 is 2.53 bits per heavy atom. The second-order valence-corrected chi connectivity index (χ2v) is 6.13. The predicted molar refractivity (Wildman–Crippen MR) is 73.0 cm³/mol. The molecule has 0 aromatic carbocycles. The molecule has 0 aliphatic rings. The molecule has 0 bridgehead atoms. The van der Waals surface area contributed by atoms with Crippen LogP contribution >= 0.6 is 11.3 Å². The molecule has 0 saturated heterocycles. The van der Waals surface area contributed by atoms with Crippen LogP contribution < -0.4 is 5.73 Å². The lowest BCUT2D eigenvalue weighted by Crippen LogP contribution is -2.45. The van der Waals surface area contributed by atoms with E-state index < -0.39 is 29.5 Å². The van der Waals surface area contributed by atoms with Crippen molar-refractivity contribution in [2.75, 3.05) is 0 Å². The molecule has 0 spiro atoms. The Hall–Kier alpha value is -1.40. The minimum absolute atomic E-state index is 0.333. The maximum absolute atomic E-state index is 11.9. The molecular weight excluding hydrogens is 266 g/mol. The lowest BCUT2D eigenvalue weighted by atomic mass is 9.95. The van der Waals surface area contributed by atoms with Crippen molar-refractivity contribution in [1.82, 2.24) is 0 Å². The summed E-state index contributed by atoms with van der Waals surface area (Å²) in [4.78, 5) is 23.1. The Morgan fingerprint density at radius 2 is 2.11 bits per heavy atom. The molecule has 0 aliphatic carbocycles. The Morgan fingerprint density at radius 1 is 1.47 bits per heavy atom. The average Bonchev–Trinajstić information content (AvgIpc) is 2.66. The first kappa shape index (κ1) is 15.7. The van der Waals surface area contributed by atoms with Gasteiger partial charge in [0.25, 0.3) is 0 Å². The largest absolute Gasteiger partial charge is 0.481 e. The van der Waals surface area contributed by atoms with E-state index >= 15 is 0 Å². The van der Waals surface area contributed by atoms with E-state index in [0.717, 1.165) is 5.56 Å². The topological polar surface area (TPSA) is 89.6 Å². The molecule has 1 aromatic rings. The SMILES string of the molecule is CC(C)(C)OC(=O)C(C(=O)O)C(N)Cc1ccsc1. The standard InChI is InChI=1S/C13H19NO4S/c1-13(2,3)18-12(17)10(11(15)16)9(14)6-8-4-5-19-7-8/h4-5,7,9-10H,6,14H2,1-3H3,(H,15,16). The van der Waals surface area contributed by atoms with Crippen molar-refractivity contribution < 1.29 is 19.4 Å². The fourth-order valence-corrected chi connectivity index (χ4v) is 2.30. The van der Waals surface area contributed by atoms with Gasteiger partial charge in [0.15, 0.2) is 5.92 Å². The minimum Gasteiger partial charge on any atom is -0.481 e. The van der Waals surface area contributed by atoms with Crippen LogP contribution in [0.2, 0.25) is 0 Å². The smallest absolute Gasteiger partial charge is 0.322 e. The Balaban J connectivity index is 2.76. The zero-order valence-corrected chi connectivity index (χ0v) is 12.1. The first-order chi connectivity index (χ1) is 8.70. The van der Waals surface area contributed by atoms with Gasteiger partial charge in [-0.25, -0.2) is 0 Å². The monoisotopic (exact) mass is 285 g/mol. The van der Waals surface area contributed by atoms with Crippen molar-refractivity contribution in [3.8, 4) is 0 Å². The van der Waals surface area contributed by atoms with Crippen LogP contribution in [0.3, 0.4) is 0 Å². The summed E-state index contributed by atoms with van der Waals surface area (Å²) in [7, 11) is 0. The molecule has 1 rings (SSSR count). The molecule has 1 aromatic heterocycles. The summed E-state index contributed by atoms with van der Waals surface area (Å²) in [5, 5.41) is 12.9. The van der Waals surface area contributed by atoms with Crippen LogP contribution in [0.5, 0.6) is 0 Å². The highest BCUT2D eigenvalue weighted by molar-refractivity contribution is 7.07. The number of rotatable bonds is 5. The second kappa shape index (κ2) is 6.16. The molecular formula is C13H19NO4S. The normalized spacial score (nSPS) is 14.7. The highest BCUT2D eigenvalue weighted by Gasteiger charge is 2.36. The number of hydrogen-bond donors (Lipinski definition) is 2. The Labute approximate surface area is 116 Å². The molecule has 0 radical (unpaired) electrons. The van der Waals surface area contributed by atoms with Crippen LogP contribution in [0.1, 0.15) is 26.3 Å². The third kappa shape index (κ3) is 5.00. The molecule has 6 heteroatoms. The van der Waals surface area contributed by atoms with Crippen molar-refractivity contribution in [3.05, 3.63) is 22.4 Å². The Bertz CT molecular complexity index is 436. The van der Waals surface area contributed by atoms with Gasteiger partial charge >= 0.3 is 11.9 Å². The number of hydrogen-bond acceptors (Lipinski definition) is 5. The van der Waals surface area contributed by atoms with Gasteiger partial charge in [0.2, 0.25) is 0 Å². The van der Waals surface area contributed by atoms with Gasteiger partial charge in [-0.1, -0.05) is 0 Å². The van der Waals surface area contributed by atoms with Gasteiger partial charge in [-0.3, -0.25) is 9.59 Å². The lowest BCUT2D eigenvalue weighted by molar-refractivity contribution is -0.167. The number of carboxylic acids is 1. The van der Waals surface area contributed by atoms with Crippen molar-refractivity contribution in [3.63, 3.8) is 0 Å². The first-order valence-corrected chi connectivity index (χ1v) is 6.87. The van der Waals surface area contributed by atoms with Gasteiger partial charge in [0, 0.05) is 6.04 Å². The van der Waals surface area contributed by atoms with Gasteiger partial charge in [0.1, 0.15) is 5.60 Å². The van der Waals surface area contributed by atoms with Gasteiger partial charge in [-0.05, 0) is 49.6 Å². The quantitative estimate of drug-likeness (QED) is 0.634. The number of thiophene rings is 1. The molecule has 2 atom stereocenters. The predicted octanol–water partition coefficient (Wildman–Crippen LogP) is 1.66. The fraction of sp³-hybridized carbons (Fsp3) is 0.538. The van der Waals surface area contributed by atoms with Gasteiger partial charge in [0.05, 0.1) is 0 Å². The number of carbonyl (C=O) groups excluding carboxylic acids is 1. The van der Waals surface area contributed by atoms with E-state index in [1.165, 1.54) is 11.3 Å². The summed E-state index contributed by atoms with van der Waals surface area (Å²) in [6, 6.07) is 1.06. The van der Waals surface area contributed by atoms with Crippen molar-refractivity contribution in [1.29, 1.82) is 0 Å². The summed E-state index contributed by atoms with van der Waals surface area (Å²) >= 11 is 1.50. The van der Waals surface area contributed by atoms with Crippen LogP contribution in [0.25, 0.3) is 0 Å². The molecule has 0 saturated carbocycles. The zero-order valence-electron chi connectivity index (χ0n) is 11.3. The van der Waals surface area contributed by atoms with Crippen molar-refractivity contribution in [2.24, 2.45) is 11.7 Å². The van der Waals surface area contributed by atoms with Crippen molar-refractivity contribution in [2.45, 2.75) is 38.8 Å². The maximum Gasteiger partial charge on any atom is 0.322 e. The van der Waals surface area contributed by atoms with E-state index in [-0.39, 0.29) is 0 Å². The molecule has 0 aliphatic heterocycles. The number of ether oxygens (including phenoxy) is 1. The molecule has 0 amide bonds. The second-order valence-electron chi connectivity index (χ2n) is 5.35. The summed E-state index contributed by atoms with van der Waals surface area (Å²) in [5.74, 6) is -3.39. The Kier molecular flexibility index (Phi) is 5.08. The summed E-state index contributed by atoms with van der Waals surface area (Å²) in [6.07, 6.45) is 0.333. The maximum atomic E-state index is 11.9. The van der Waals surface area contributed by atoms with Crippen LogP contribution in [-0.4, -0.2) is 28.7 Å². The average molecular weight is 285 g/mol. The lowest BCUT2D eigenvalue weighted by Gasteiger charge is -2.24. The summed E-state index contributed by atoms with van der Waals surface area (Å²) < 4.78 is 5.10. The number of carbonyl (C=O) groups is 2. The molecule has 3 N–H and O–H groups in total. The van der Waals surface area contributed by atoms with Gasteiger partial charge in [-0.15, -0.1) is 0 Å². The van der Waals surface area contributed by atoms with E-state index in [0.29, 0.717) is 6.42 Å². The zero-order chi connectivity index (χ0) is 14.6. The minimum atomic E-state index is -1.35. The van der Waals surface area contributed by atoms with Crippen LogP contribution in [0.4, 0.5) is 0 Å². The van der Waals surface area contributed by atoms with E-state index in [1.54, 1.807) is 20.8 Å². The number of nitrogens with two attached hydrogens (primary N) is 1. The molecule has 106 valence electrons. The number of carboxylic acid groups (broad SMARTS) is 1. The van der Waals surface area contributed by atoms with Crippen molar-refractivity contribution >= 4 is 23.3 Å². The first-order valence-electron chi connectivity index (χ1n) is 5.93. The molecule has 0 fully saturated rings. The molecule has 2 unspecified atom stereocenters. The number of esters is 1. The molecule has 19 heavy (non-hydrogen) atoms. The van der Waals surface area contributed by atoms with E-state index in [2.05, 4.69) is 0 Å². The third-order valence-electron chi connectivity index (χ3n) is 2.41. The highest BCUT2D eigenvalue weighted by atomic mass is 32.1. The highest BCUT2D eigenvalue weighted by Crippen LogP contribution is 2.17. The van der Waals surface area contributed by atoms with Crippen LogP contribution in [0, 0.1) is 5.92 Å². The van der Waals surface area contributed by atoms with E-state index in [1.807, 2.05) is 16.8 Å². The molecule has 5 nitrogen and oxygen atoms in total. The summed E-state index contributed by atoms with van der Waals surface area (Å²) in [5.41, 5.74) is 6.05. The summed E-state index contributed by atoms with van der Waals surface area (Å²) in [6.45, 7) is 5.07. The number of aliphatic carboxylic acids is 1. The van der Waals surface area contributed by atoms with Gasteiger partial charge in [-0.2, -0.15) is 11.3 Å². The van der Waals surface area contributed by atoms with Crippen LogP contribution in [0.15, 0.2) is 16.8 Å². The van der Waals surface area contributed by atoms with E-state index in [4.69, 9.17) is 15.6 Å². The van der Waals surface area contributed by atoms with Gasteiger partial charge < -0.3 is 15.6 Å². The van der Waals surface area contributed by atoms with E-state index in [9.17, 15) is 9.59 Å². The third-order valence-corrected chi connectivity index (χ3v) is 3.14. The molecule has 1 heterocycles.